The van der Waals surface area contributed by atoms with Gasteiger partial charge in [0, 0.05) is 19.4 Å². The van der Waals surface area contributed by atoms with Crippen molar-refractivity contribution in [3.8, 4) is 0 Å². The van der Waals surface area contributed by atoms with Crippen molar-refractivity contribution in [1.29, 1.82) is 0 Å². The van der Waals surface area contributed by atoms with Crippen LogP contribution in [0.15, 0.2) is 0 Å². The van der Waals surface area contributed by atoms with Gasteiger partial charge in [-0.1, -0.05) is 19.3 Å². The third-order valence-electron chi connectivity index (χ3n) is 4.53. The van der Waals surface area contributed by atoms with E-state index < -0.39 is 24.0 Å². The molecule has 0 heterocycles. The summed E-state index contributed by atoms with van der Waals surface area (Å²) in [5.74, 6) is -1.37. The number of amides is 2. The lowest BCUT2D eigenvalue weighted by Gasteiger charge is -2.23. The summed E-state index contributed by atoms with van der Waals surface area (Å²) in [6.45, 7) is 7.43. The molecule has 0 aromatic carbocycles. The Morgan fingerprint density at radius 2 is 1.73 bits per heavy atom. The molecule has 0 aromatic heterocycles. The Balaban J connectivity index is 2.41. The van der Waals surface area contributed by atoms with Crippen molar-refractivity contribution in [2.24, 2.45) is 5.92 Å². The Bertz CT molecular complexity index is 481. The van der Waals surface area contributed by atoms with Crippen molar-refractivity contribution >= 4 is 17.8 Å². The van der Waals surface area contributed by atoms with E-state index in [0.29, 0.717) is 12.3 Å². The number of hydrogen-bond acceptors (Lipinski definition) is 4. The van der Waals surface area contributed by atoms with Gasteiger partial charge in [0.15, 0.2) is 0 Å². The molecule has 0 aliphatic heterocycles. The lowest BCUT2D eigenvalue weighted by Crippen LogP contribution is -2.50. The van der Waals surface area contributed by atoms with Crippen molar-refractivity contribution < 1.29 is 24.2 Å². The summed E-state index contributed by atoms with van der Waals surface area (Å²) in [6, 6.07) is -1.81. The Hall–Kier alpha value is -1.63. The number of carbonyl (C=O) groups is 3. The lowest BCUT2D eigenvalue weighted by atomic mass is 9.87. The number of rotatable bonds is 9. The second-order valence-electron chi connectivity index (χ2n) is 8.15. The average Bonchev–Trinajstić information content (AvgIpc) is 2.53. The van der Waals surface area contributed by atoms with Crippen LogP contribution in [0.3, 0.4) is 0 Å². The van der Waals surface area contributed by atoms with E-state index in [9.17, 15) is 19.5 Å². The first kappa shape index (κ1) is 22.4. The van der Waals surface area contributed by atoms with E-state index >= 15 is 0 Å². The van der Waals surface area contributed by atoms with Crippen LogP contribution in [0.2, 0.25) is 0 Å². The molecular formula is C19H34N2O5. The Morgan fingerprint density at radius 1 is 1.12 bits per heavy atom. The van der Waals surface area contributed by atoms with Gasteiger partial charge in [0.25, 0.3) is 0 Å². The average molecular weight is 370 g/mol. The highest BCUT2D eigenvalue weighted by Gasteiger charge is 2.25. The molecule has 26 heavy (non-hydrogen) atoms. The zero-order valence-corrected chi connectivity index (χ0v) is 16.5. The topological polar surface area (TPSA) is 105 Å². The fourth-order valence-corrected chi connectivity index (χ4v) is 3.06. The molecular weight excluding hydrogens is 336 g/mol. The van der Waals surface area contributed by atoms with Crippen LogP contribution in [0.5, 0.6) is 0 Å². The molecule has 150 valence electrons. The van der Waals surface area contributed by atoms with Gasteiger partial charge in [-0.05, 0) is 46.5 Å². The first-order valence-electron chi connectivity index (χ1n) is 9.55. The molecule has 1 fully saturated rings. The molecule has 2 unspecified atom stereocenters. The number of ether oxygens (including phenoxy) is 1. The number of aliphatic carboxylic acids is 1. The number of carboxylic acid groups (broad SMARTS) is 1. The predicted octanol–water partition coefficient (Wildman–Crippen LogP) is 2.24. The molecule has 2 atom stereocenters. The minimum atomic E-state index is -1.11. The third-order valence-corrected chi connectivity index (χ3v) is 4.53. The first-order valence-corrected chi connectivity index (χ1v) is 9.55. The van der Waals surface area contributed by atoms with E-state index in [-0.39, 0.29) is 24.5 Å². The molecule has 1 aliphatic rings. The molecule has 0 spiro atoms. The van der Waals surface area contributed by atoms with Crippen LogP contribution in [0.1, 0.15) is 72.6 Å². The summed E-state index contributed by atoms with van der Waals surface area (Å²) in [6.07, 6.45) is 6.26. The van der Waals surface area contributed by atoms with Crippen molar-refractivity contribution in [2.45, 2.75) is 90.3 Å². The third kappa shape index (κ3) is 9.17. The monoisotopic (exact) mass is 370 g/mol. The minimum Gasteiger partial charge on any atom is -0.480 e. The van der Waals surface area contributed by atoms with Gasteiger partial charge in [-0.25, -0.2) is 4.79 Å². The van der Waals surface area contributed by atoms with Crippen molar-refractivity contribution in [3.05, 3.63) is 0 Å². The van der Waals surface area contributed by atoms with E-state index in [1.54, 1.807) is 6.92 Å². The molecule has 0 bridgehead atoms. The van der Waals surface area contributed by atoms with Crippen molar-refractivity contribution in [1.82, 2.24) is 10.6 Å². The summed E-state index contributed by atoms with van der Waals surface area (Å²) >= 11 is 0. The number of carboxylic acids is 1. The largest absolute Gasteiger partial charge is 0.480 e. The van der Waals surface area contributed by atoms with E-state index in [4.69, 9.17) is 4.74 Å². The van der Waals surface area contributed by atoms with E-state index in [2.05, 4.69) is 10.6 Å². The van der Waals surface area contributed by atoms with Gasteiger partial charge in [-0.15, -0.1) is 0 Å². The fourth-order valence-electron chi connectivity index (χ4n) is 3.06. The van der Waals surface area contributed by atoms with Gasteiger partial charge < -0.3 is 20.5 Å². The molecule has 0 saturated heterocycles. The molecule has 2 amide bonds. The molecule has 0 aromatic rings. The highest BCUT2D eigenvalue weighted by molar-refractivity contribution is 5.90. The van der Waals surface area contributed by atoms with Crippen LogP contribution in [0.4, 0.5) is 0 Å². The van der Waals surface area contributed by atoms with Gasteiger partial charge in [0.2, 0.25) is 11.8 Å². The molecule has 1 rings (SSSR count). The first-order chi connectivity index (χ1) is 12.1. The Kier molecular flexibility index (Phi) is 9.05. The zero-order valence-electron chi connectivity index (χ0n) is 16.5. The Labute approximate surface area is 156 Å². The van der Waals surface area contributed by atoms with Crippen LogP contribution >= 0.6 is 0 Å². The summed E-state index contributed by atoms with van der Waals surface area (Å²) in [5, 5.41) is 14.4. The molecule has 1 saturated carbocycles. The van der Waals surface area contributed by atoms with Crippen LogP contribution in [-0.2, 0) is 19.1 Å². The van der Waals surface area contributed by atoms with Gasteiger partial charge >= 0.3 is 5.97 Å². The standard InChI is InChI=1S/C19H34N2O5/c1-13(20-16(22)12-14-8-6-5-7-9-14)17(23)21-15(18(24)25)10-11-26-19(2,3)4/h13-15H,5-12H2,1-4H3,(H,20,22)(H,21,23)(H,24,25). The summed E-state index contributed by atoms with van der Waals surface area (Å²) in [5.41, 5.74) is -0.368. The highest BCUT2D eigenvalue weighted by Crippen LogP contribution is 2.26. The minimum absolute atomic E-state index is 0.150. The predicted molar refractivity (Wildman–Crippen MR) is 98.7 cm³/mol. The second-order valence-corrected chi connectivity index (χ2v) is 8.15. The maximum atomic E-state index is 12.2. The zero-order chi connectivity index (χ0) is 19.7. The van der Waals surface area contributed by atoms with Crippen LogP contribution in [0, 0.1) is 5.92 Å². The molecule has 7 nitrogen and oxygen atoms in total. The molecule has 7 heteroatoms. The van der Waals surface area contributed by atoms with Crippen molar-refractivity contribution in [3.63, 3.8) is 0 Å². The Morgan fingerprint density at radius 3 is 2.27 bits per heavy atom. The second kappa shape index (κ2) is 10.5. The summed E-state index contributed by atoms with van der Waals surface area (Å²) in [7, 11) is 0. The van der Waals surface area contributed by atoms with Crippen molar-refractivity contribution in [2.75, 3.05) is 6.61 Å². The van der Waals surface area contributed by atoms with E-state index in [1.807, 2.05) is 20.8 Å². The fraction of sp³-hybridized carbons (Fsp3) is 0.842. The van der Waals surface area contributed by atoms with Gasteiger partial charge in [-0.3, -0.25) is 9.59 Å². The quantitative estimate of drug-likeness (QED) is 0.577. The van der Waals surface area contributed by atoms with E-state index in [0.717, 1.165) is 25.7 Å². The number of carbonyl (C=O) groups excluding carboxylic acids is 2. The van der Waals surface area contributed by atoms with E-state index in [1.165, 1.54) is 6.42 Å². The smallest absolute Gasteiger partial charge is 0.326 e. The summed E-state index contributed by atoms with van der Waals surface area (Å²) in [4.78, 5) is 35.7. The molecule has 3 N–H and O–H groups in total. The number of hydrogen-bond donors (Lipinski definition) is 3. The maximum absolute atomic E-state index is 12.2. The normalized spacial score (nSPS) is 18.0. The molecule has 0 radical (unpaired) electrons. The SMILES string of the molecule is CC(NC(=O)CC1CCCCC1)C(=O)NC(CCOC(C)(C)C)C(=O)O. The maximum Gasteiger partial charge on any atom is 0.326 e. The number of nitrogens with one attached hydrogen (secondary N) is 2. The van der Waals surface area contributed by atoms with Gasteiger partial charge in [0.05, 0.1) is 5.60 Å². The summed E-state index contributed by atoms with van der Waals surface area (Å²) < 4.78 is 5.52. The van der Waals surface area contributed by atoms with Gasteiger partial charge in [0.1, 0.15) is 12.1 Å². The molecule has 1 aliphatic carbocycles. The van der Waals surface area contributed by atoms with Crippen LogP contribution < -0.4 is 10.6 Å². The lowest BCUT2D eigenvalue weighted by molar-refractivity contribution is -0.143. The van der Waals surface area contributed by atoms with Crippen LogP contribution in [0.25, 0.3) is 0 Å². The highest BCUT2D eigenvalue weighted by atomic mass is 16.5. The van der Waals surface area contributed by atoms with Gasteiger partial charge in [-0.2, -0.15) is 0 Å². The van der Waals surface area contributed by atoms with Crippen LogP contribution in [-0.4, -0.2) is 47.2 Å².